The van der Waals surface area contributed by atoms with Crippen molar-refractivity contribution in [3.8, 4) is 5.69 Å². The highest BCUT2D eigenvalue weighted by molar-refractivity contribution is 9.10. The van der Waals surface area contributed by atoms with Gasteiger partial charge in [-0.3, -0.25) is 9.56 Å². The molecule has 1 aliphatic heterocycles. The average Bonchev–Trinajstić information content (AvgIpc) is 2.92. The van der Waals surface area contributed by atoms with Gasteiger partial charge in [0.05, 0.1) is 16.7 Å². The summed E-state index contributed by atoms with van der Waals surface area (Å²) in [4.78, 5) is 4.65. The number of nitrogens with zero attached hydrogens (tertiary/aromatic N) is 4. The number of halogens is 3. The molecule has 3 aromatic rings. The Morgan fingerprint density at radius 3 is 2.71 bits per heavy atom. The molecule has 0 amide bonds. The summed E-state index contributed by atoms with van der Waals surface area (Å²) < 4.78 is 17.2. The van der Waals surface area contributed by atoms with Gasteiger partial charge in [-0.05, 0) is 24.3 Å². The van der Waals surface area contributed by atoms with Crippen LogP contribution < -0.4 is 0 Å². The van der Waals surface area contributed by atoms with Crippen LogP contribution in [-0.4, -0.2) is 20.5 Å². The average molecular weight is 450 g/mol. The lowest BCUT2D eigenvalue weighted by Gasteiger charge is -2.15. The van der Waals surface area contributed by atoms with Crippen LogP contribution >= 0.6 is 31.9 Å². The molecule has 2 heterocycles. The van der Waals surface area contributed by atoms with Crippen LogP contribution in [0.4, 0.5) is 4.39 Å². The molecule has 0 spiro atoms. The topological polar surface area (TPSA) is 43.1 Å². The van der Waals surface area contributed by atoms with Gasteiger partial charge in [-0.15, -0.1) is 10.2 Å². The molecule has 4 rings (SSSR count). The van der Waals surface area contributed by atoms with E-state index in [1.165, 1.54) is 6.07 Å². The van der Waals surface area contributed by atoms with Gasteiger partial charge in [-0.25, -0.2) is 4.39 Å². The molecule has 0 saturated carbocycles. The molecule has 0 atom stereocenters. The van der Waals surface area contributed by atoms with E-state index in [9.17, 15) is 4.39 Å². The van der Waals surface area contributed by atoms with Gasteiger partial charge < -0.3 is 0 Å². The van der Waals surface area contributed by atoms with Crippen molar-refractivity contribution in [1.29, 1.82) is 0 Å². The molecule has 4 nitrogen and oxygen atoms in total. The Kier molecular flexibility index (Phi) is 4.05. The summed E-state index contributed by atoms with van der Waals surface area (Å²) in [5.41, 5.74) is 2.81. The second-order valence-electron chi connectivity index (χ2n) is 5.28. The largest absolute Gasteiger partial charge is 0.280 e. The van der Waals surface area contributed by atoms with E-state index in [1.54, 1.807) is 12.1 Å². The van der Waals surface area contributed by atoms with E-state index in [0.717, 1.165) is 27.4 Å². The van der Waals surface area contributed by atoms with Gasteiger partial charge in [0.1, 0.15) is 18.2 Å². The Bertz CT molecular complexity index is 965. The normalized spacial score (nSPS) is 13.0. The zero-order chi connectivity index (χ0) is 16.7. The van der Waals surface area contributed by atoms with Gasteiger partial charge >= 0.3 is 0 Å². The number of hydrogen-bond donors (Lipinski definition) is 0. The number of aliphatic imine (C=N–C) groups is 1. The van der Waals surface area contributed by atoms with Crippen LogP contribution in [0.1, 0.15) is 22.8 Å². The molecular formula is C17H11Br2FN4. The van der Waals surface area contributed by atoms with Gasteiger partial charge in [0.2, 0.25) is 0 Å². The van der Waals surface area contributed by atoms with Crippen LogP contribution in [0.2, 0.25) is 0 Å². The first-order chi connectivity index (χ1) is 11.7. The van der Waals surface area contributed by atoms with Crippen molar-refractivity contribution >= 4 is 37.6 Å². The fourth-order valence-electron chi connectivity index (χ4n) is 2.86. The lowest BCUT2D eigenvalue weighted by molar-refractivity contribution is 0.625. The maximum absolute atomic E-state index is 14.4. The van der Waals surface area contributed by atoms with Gasteiger partial charge in [-0.2, -0.15) is 0 Å². The molecule has 2 aromatic carbocycles. The lowest BCUT2D eigenvalue weighted by atomic mass is 10.00. The quantitative estimate of drug-likeness (QED) is 0.543. The first-order valence-corrected chi connectivity index (χ1v) is 9.20. The van der Waals surface area contributed by atoms with Crippen LogP contribution in [-0.2, 0) is 11.9 Å². The molecule has 0 bridgehead atoms. The number of alkyl halides is 1. The SMILES string of the molecule is Fc1ccccc1C1=NCc2nnc(CBr)n2-c2cccc(Br)c21. The van der Waals surface area contributed by atoms with E-state index < -0.39 is 0 Å². The van der Waals surface area contributed by atoms with Crippen LogP contribution in [0.5, 0.6) is 0 Å². The van der Waals surface area contributed by atoms with Gasteiger partial charge in [0.15, 0.2) is 5.82 Å². The van der Waals surface area contributed by atoms with E-state index in [4.69, 9.17) is 0 Å². The standard InChI is InChI=1S/C17H11Br2FN4/c18-8-14-22-23-15-9-21-17(10-4-1-2-6-12(10)20)16-11(19)5-3-7-13(16)24(14)15/h1-7H,8-9H2. The minimum absolute atomic E-state index is 0.295. The van der Waals surface area contributed by atoms with Crippen LogP contribution in [0.25, 0.3) is 5.69 Å². The highest BCUT2D eigenvalue weighted by Gasteiger charge is 2.25. The Morgan fingerprint density at radius 1 is 1.08 bits per heavy atom. The van der Waals surface area contributed by atoms with Crippen molar-refractivity contribution in [2.75, 3.05) is 0 Å². The predicted molar refractivity (Wildman–Crippen MR) is 97.4 cm³/mol. The summed E-state index contributed by atoms with van der Waals surface area (Å²) in [6, 6.07) is 12.5. The Labute approximate surface area is 154 Å². The molecule has 1 aliphatic rings. The van der Waals surface area contributed by atoms with E-state index in [0.29, 0.717) is 23.1 Å². The minimum Gasteiger partial charge on any atom is -0.280 e. The summed E-state index contributed by atoms with van der Waals surface area (Å²) in [5.74, 6) is 1.22. The zero-order valence-electron chi connectivity index (χ0n) is 12.4. The molecule has 0 fully saturated rings. The molecule has 1 aromatic heterocycles. The molecule has 7 heteroatoms. The fraction of sp³-hybridized carbons (Fsp3) is 0.118. The summed E-state index contributed by atoms with van der Waals surface area (Å²) >= 11 is 7.05. The monoisotopic (exact) mass is 448 g/mol. The molecular weight excluding hydrogens is 439 g/mol. The zero-order valence-corrected chi connectivity index (χ0v) is 15.6. The van der Waals surface area contributed by atoms with E-state index in [2.05, 4.69) is 47.0 Å². The molecule has 0 aliphatic carbocycles. The third-order valence-corrected chi connectivity index (χ3v) is 5.06. The number of benzene rings is 2. The fourth-order valence-corrected chi connectivity index (χ4v) is 3.76. The summed E-state index contributed by atoms with van der Waals surface area (Å²) in [6.45, 7) is 0.338. The predicted octanol–water partition coefficient (Wildman–Crippen LogP) is 4.41. The molecule has 120 valence electrons. The summed E-state index contributed by atoms with van der Waals surface area (Å²) in [6.07, 6.45) is 0. The molecule has 0 unspecified atom stereocenters. The summed E-state index contributed by atoms with van der Waals surface area (Å²) in [5, 5.41) is 9.01. The Hall–Kier alpha value is -1.86. The van der Waals surface area contributed by atoms with Crippen molar-refractivity contribution in [1.82, 2.24) is 14.8 Å². The lowest BCUT2D eigenvalue weighted by Crippen LogP contribution is -2.11. The van der Waals surface area contributed by atoms with Crippen LogP contribution in [0.3, 0.4) is 0 Å². The second kappa shape index (κ2) is 6.22. The maximum Gasteiger partial charge on any atom is 0.159 e. The van der Waals surface area contributed by atoms with Crippen molar-refractivity contribution in [2.24, 2.45) is 4.99 Å². The third kappa shape index (κ3) is 2.43. The number of aromatic nitrogens is 3. The van der Waals surface area contributed by atoms with Crippen molar-refractivity contribution < 1.29 is 4.39 Å². The van der Waals surface area contributed by atoms with Crippen LogP contribution in [0, 0.1) is 5.82 Å². The van der Waals surface area contributed by atoms with E-state index in [1.807, 2.05) is 28.8 Å². The second-order valence-corrected chi connectivity index (χ2v) is 6.70. The third-order valence-electron chi connectivity index (χ3n) is 3.89. The van der Waals surface area contributed by atoms with Crippen LogP contribution in [0.15, 0.2) is 51.9 Å². The molecule has 0 radical (unpaired) electrons. The number of rotatable bonds is 2. The van der Waals surface area contributed by atoms with Crippen molar-refractivity contribution in [3.63, 3.8) is 0 Å². The van der Waals surface area contributed by atoms with E-state index in [-0.39, 0.29) is 5.82 Å². The molecule has 24 heavy (non-hydrogen) atoms. The van der Waals surface area contributed by atoms with E-state index >= 15 is 0 Å². The van der Waals surface area contributed by atoms with Gasteiger partial charge in [0.25, 0.3) is 0 Å². The molecule has 0 N–H and O–H groups in total. The van der Waals surface area contributed by atoms with Gasteiger partial charge in [-0.1, -0.05) is 50.1 Å². The smallest absolute Gasteiger partial charge is 0.159 e. The number of hydrogen-bond acceptors (Lipinski definition) is 3. The molecule has 0 saturated heterocycles. The first-order valence-electron chi connectivity index (χ1n) is 7.28. The number of fused-ring (bicyclic) bond motifs is 3. The minimum atomic E-state index is -0.295. The van der Waals surface area contributed by atoms with Crippen molar-refractivity contribution in [2.45, 2.75) is 11.9 Å². The van der Waals surface area contributed by atoms with Gasteiger partial charge in [0, 0.05) is 15.6 Å². The summed E-state index contributed by atoms with van der Waals surface area (Å²) in [7, 11) is 0. The highest BCUT2D eigenvalue weighted by atomic mass is 79.9. The Balaban J connectivity index is 2.04. The van der Waals surface area contributed by atoms with Crippen molar-refractivity contribution in [3.05, 3.63) is 75.5 Å². The highest BCUT2D eigenvalue weighted by Crippen LogP contribution is 2.32. The Morgan fingerprint density at radius 2 is 1.92 bits per heavy atom. The first kappa shape index (κ1) is 15.7. The maximum atomic E-state index is 14.4.